The SMILES string of the molecule is Nc1ccc2c(c1S(=O)(=O)O)Oc1c(ccc(N)c1S(=O)(=O)O)C21c2ccccc2C(=O)N1OCCOCCOCCOCCC(=O)ON1C(=O)CCC1=O. The van der Waals surface area contributed by atoms with E-state index in [1.165, 1.54) is 24.3 Å². The zero-order chi connectivity index (χ0) is 39.7. The Morgan fingerprint density at radius 3 is 1.73 bits per heavy atom. The van der Waals surface area contributed by atoms with Crippen molar-refractivity contribution in [2.24, 2.45) is 0 Å². The molecule has 0 aliphatic carbocycles. The molecule has 20 nitrogen and oxygen atoms in total. The van der Waals surface area contributed by atoms with Crippen LogP contribution in [0.15, 0.2) is 58.3 Å². The number of nitrogen functional groups attached to an aromatic ring is 2. The molecule has 3 aromatic rings. The number of anilines is 2. The summed E-state index contributed by atoms with van der Waals surface area (Å²) in [5, 5.41) is 1.36. The maximum Gasteiger partial charge on any atom is 0.335 e. The second kappa shape index (κ2) is 15.5. The Kier molecular flexibility index (Phi) is 11.1. The van der Waals surface area contributed by atoms with Gasteiger partial charge in [0, 0.05) is 35.1 Å². The number of hydrogen-bond donors (Lipinski definition) is 4. The van der Waals surface area contributed by atoms with Gasteiger partial charge in [0.05, 0.1) is 64.0 Å². The topological polar surface area (TPSA) is 291 Å². The number of nitrogens with two attached hydrogens (primary N) is 2. The molecule has 3 heterocycles. The first kappa shape index (κ1) is 39.5. The van der Waals surface area contributed by atoms with Crippen LogP contribution in [0.1, 0.15) is 46.3 Å². The average Bonchev–Trinajstić information content (AvgIpc) is 3.55. The Hall–Kier alpha value is -5.20. The fraction of sp³-hybridized carbons (Fsp3) is 0.333. The molecule has 1 saturated heterocycles. The van der Waals surface area contributed by atoms with E-state index in [1.807, 2.05) is 0 Å². The molecule has 0 bridgehead atoms. The lowest BCUT2D eigenvalue weighted by atomic mass is 9.75. The number of hydroxylamine groups is 4. The summed E-state index contributed by atoms with van der Waals surface area (Å²) in [7, 11) is -10.3. The third-order valence-corrected chi connectivity index (χ3v) is 10.5. The normalized spacial score (nSPS) is 15.9. The highest BCUT2D eigenvalue weighted by Crippen LogP contribution is 2.60. The number of ether oxygens (including phenoxy) is 4. The van der Waals surface area contributed by atoms with Crippen molar-refractivity contribution in [3.63, 3.8) is 0 Å². The minimum Gasteiger partial charge on any atom is -0.453 e. The molecule has 0 atom stereocenters. The van der Waals surface area contributed by atoms with Crippen LogP contribution in [0, 0.1) is 0 Å². The Bertz CT molecular complexity index is 2180. The van der Waals surface area contributed by atoms with Crippen LogP contribution in [0.25, 0.3) is 0 Å². The van der Waals surface area contributed by atoms with Gasteiger partial charge in [0.15, 0.2) is 26.8 Å². The Balaban J connectivity index is 1.14. The summed E-state index contributed by atoms with van der Waals surface area (Å²) in [5.74, 6) is -3.97. The van der Waals surface area contributed by atoms with Gasteiger partial charge in [-0.15, -0.1) is 5.06 Å². The standard InChI is InChI=1S/C33H34N4O16S2/c34-23-7-5-21-28(30(23)54(42,43)44)52-29-22(6-8-24(35)31(29)55(45,46)47)33(21)20-4-2-1-3-19(20)32(41)37(33)51-18-17-50-16-15-49-14-13-48-12-11-27(40)53-36-25(38)9-10-26(36)39/h1-8H,9-18,34-35H2,(H,42,43,44)(H,45,46,47). The number of fused-ring (bicyclic) bond motifs is 6. The quantitative estimate of drug-likeness (QED) is 0.0684. The highest BCUT2D eigenvalue weighted by molar-refractivity contribution is 7.86. The Labute approximate surface area is 313 Å². The van der Waals surface area contributed by atoms with Gasteiger partial charge in [-0.3, -0.25) is 28.3 Å². The Morgan fingerprint density at radius 2 is 1.20 bits per heavy atom. The van der Waals surface area contributed by atoms with Gasteiger partial charge in [0.2, 0.25) is 0 Å². The highest BCUT2D eigenvalue weighted by Gasteiger charge is 2.59. The van der Waals surface area contributed by atoms with Crippen LogP contribution in [0.3, 0.4) is 0 Å². The first-order valence-corrected chi connectivity index (χ1v) is 19.3. The summed E-state index contributed by atoms with van der Waals surface area (Å²) >= 11 is 0. The lowest BCUT2D eigenvalue weighted by Crippen LogP contribution is -2.48. The summed E-state index contributed by atoms with van der Waals surface area (Å²) in [6.07, 6.45) is -0.216. The molecular formula is C33H34N4O16S2. The number of imide groups is 1. The molecule has 3 amide bonds. The van der Waals surface area contributed by atoms with Gasteiger partial charge in [-0.05, 0) is 30.3 Å². The number of nitrogens with zero attached hydrogens (tertiary/aromatic N) is 2. The van der Waals surface area contributed by atoms with Crippen LogP contribution in [-0.2, 0) is 64.0 Å². The predicted molar refractivity (Wildman–Crippen MR) is 184 cm³/mol. The number of carbonyl (C=O) groups excluding carboxylic acids is 4. The molecule has 3 aromatic carbocycles. The minimum absolute atomic E-state index is 0.0118. The van der Waals surface area contributed by atoms with Crippen molar-refractivity contribution in [3.8, 4) is 11.5 Å². The van der Waals surface area contributed by atoms with E-state index in [0.29, 0.717) is 5.06 Å². The van der Waals surface area contributed by atoms with Crippen molar-refractivity contribution in [2.75, 3.05) is 57.7 Å². The second-order valence-electron chi connectivity index (χ2n) is 12.1. The van der Waals surface area contributed by atoms with E-state index in [9.17, 15) is 45.1 Å². The summed E-state index contributed by atoms with van der Waals surface area (Å²) in [6, 6.07) is 11.1. The molecule has 0 radical (unpaired) electrons. The molecule has 55 heavy (non-hydrogen) atoms. The summed E-state index contributed by atoms with van der Waals surface area (Å²) in [4.78, 5) is 57.9. The van der Waals surface area contributed by atoms with Gasteiger partial charge in [0.1, 0.15) is 0 Å². The fourth-order valence-electron chi connectivity index (χ4n) is 6.42. The molecule has 294 valence electrons. The first-order chi connectivity index (χ1) is 26.1. The molecular weight excluding hydrogens is 773 g/mol. The Morgan fingerprint density at radius 1 is 0.709 bits per heavy atom. The molecule has 0 saturated carbocycles. The minimum atomic E-state index is -5.16. The second-order valence-corrected chi connectivity index (χ2v) is 14.8. The third-order valence-electron chi connectivity index (χ3n) is 8.66. The van der Waals surface area contributed by atoms with Crippen LogP contribution in [-0.4, -0.2) is 106 Å². The van der Waals surface area contributed by atoms with Gasteiger partial charge in [-0.25, -0.2) is 4.79 Å². The zero-order valence-electron chi connectivity index (χ0n) is 28.7. The van der Waals surface area contributed by atoms with E-state index in [-0.39, 0.29) is 87.8 Å². The van der Waals surface area contributed by atoms with Gasteiger partial charge in [-0.1, -0.05) is 18.2 Å². The van der Waals surface area contributed by atoms with Crippen LogP contribution in [0.5, 0.6) is 11.5 Å². The van der Waals surface area contributed by atoms with E-state index < -0.39 is 82.1 Å². The number of benzene rings is 3. The average molecular weight is 807 g/mol. The molecule has 1 fully saturated rings. The van der Waals surface area contributed by atoms with Crippen LogP contribution in [0.4, 0.5) is 11.4 Å². The molecule has 0 aromatic heterocycles. The number of hydrogen-bond acceptors (Lipinski definition) is 16. The number of carbonyl (C=O) groups is 4. The molecule has 0 unspecified atom stereocenters. The molecule has 3 aliphatic heterocycles. The largest absolute Gasteiger partial charge is 0.453 e. The summed E-state index contributed by atoms with van der Waals surface area (Å²) in [5.41, 5.74) is 9.13. The van der Waals surface area contributed by atoms with E-state index >= 15 is 0 Å². The van der Waals surface area contributed by atoms with Crippen molar-refractivity contribution in [3.05, 3.63) is 70.8 Å². The maximum absolute atomic E-state index is 14.1. The van der Waals surface area contributed by atoms with E-state index in [0.717, 1.165) is 17.2 Å². The predicted octanol–water partition coefficient (Wildman–Crippen LogP) is 1.18. The van der Waals surface area contributed by atoms with Gasteiger partial charge < -0.3 is 35.3 Å². The number of rotatable bonds is 16. The van der Waals surface area contributed by atoms with Gasteiger partial charge in [0.25, 0.3) is 38.0 Å². The van der Waals surface area contributed by atoms with Crippen molar-refractivity contribution in [2.45, 2.75) is 34.6 Å². The molecule has 6 N–H and O–H groups in total. The fourth-order valence-corrected chi connectivity index (χ4v) is 7.92. The van der Waals surface area contributed by atoms with Gasteiger partial charge >= 0.3 is 5.97 Å². The first-order valence-electron chi connectivity index (χ1n) is 16.4. The van der Waals surface area contributed by atoms with Crippen molar-refractivity contribution >= 4 is 55.3 Å². The van der Waals surface area contributed by atoms with Crippen molar-refractivity contribution < 1.29 is 73.7 Å². The van der Waals surface area contributed by atoms with E-state index in [4.69, 9.17) is 40.1 Å². The zero-order valence-corrected chi connectivity index (χ0v) is 30.3. The molecule has 6 rings (SSSR count). The smallest absolute Gasteiger partial charge is 0.335 e. The van der Waals surface area contributed by atoms with Crippen molar-refractivity contribution in [1.82, 2.24) is 10.1 Å². The van der Waals surface area contributed by atoms with Crippen LogP contribution in [0.2, 0.25) is 0 Å². The van der Waals surface area contributed by atoms with Crippen LogP contribution < -0.4 is 16.2 Å². The van der Waals surface area contributed by atoms with E-state index in [1.54, 1.807) is 12.1 Å². The lowest BCUT2D eigenvalue weighted by Gasteiger charge is -2.43. The van der Waals surface area contributed by atoms with Gasteiger partial charge in [-0.2, -0.15) is 21.9 Å². The molecule has 3 aliphatic rings. The monoisotopic (exact) mass is 806 g/mol. The van der Waals surface area contributed by atoms with Crippen molar-refractivity contribution in [1.29, 1.82) is 0 Å². The van der Waals surface area contributed by atoms with E-state index in [2.05, 4.69) is 0 Å². The molecule has 22 heteroatoms. The summed E-state index contributed by atoms with van der Waals surface area (Å²) in [6.45, 7) is 0.00547. The highest BCUT2D eigenvalue weighted by atomic mass is 32.2. The third kappa shape index (κ3) is 7.45. The lowest BCUT2D eigenvalue weighted by molar-refractivity contribution is -0.198. The van der Waals surface area contributed by atoms with Crippen LogP contribution >= 0.6 is 0 Å². The summed E-state index contributed by atoms with van der Waals surface area (Å²) < 4.78 is 93.4. The number of amides is 3. The maximum atomic E-state index is 14.1. The molecule has 1 spiro atoms.